The van der Waals surface area contributed by atoms with Gasteiger partial charge in [0.15, 0.2) is 10.9 Å². The average Bonchev–Trinajstić information content (AvgIpc) is 3.11. The first kappa shape index (κ1) is 20.5. The first-order valence-electron chi connectivity index (χ1n) is 8.96. The number of nitro benzene ring substituents is 1. The topological polar surface area (TPSA) is 85.6 Å². The molecule has 3 rings (SSSR count). The molecule has 3 aromatic rings. The number of carbonyl (C=O) groups excluding carboxylic acids is 1. The van der Waals surface area contributed by atoms with Crippen LogP contribution in [0.1, 0.15) is 29.3 Å². The Morgan fingerprint density at radius 2 is 1.93 bits per heavy atom. The number of aryl methyl sites for hydroxylation is 3. The van der Waals surface area contributed by atoms with E-state index in [1.165, 1.54) is 24.3 Å². The fourth-order valence-corrected chi connectivity index (χ4v) is 3.67. The third kappa shape index (κ3) is 4.60. The Morgan fingerprint density at radius 1 is 1.17 bits per heavy atom. The van der Waals surface area contributed by atoms with Crippen molar-refractivity contribution in [3.8, 4) is 5.75 Å². The highest BCUT2D eigenvalue weighted by atomic mass is 32.1. The Kier molecular flexibility index (Phi) is 5.93. The average molecular weight is 411 g/mol. The second-order valence-corrected chi connectivity index (χ2v) is 7.60. The fraction of sp³-hybridized carbons (Fsp3) is 0.238. The van der Waals surface area contributed by atoms with Crippen molar-refractivity contribution in [2.24, 2.45) is 0 Å². The molecular weight excluding hydrogens is 390 g/mol. The van der Waals surface area contributed by atoms with Gasteiger partial charge in [-0.2, -0.15) is 0 Å². The summed E-state index contributed by atoms with van der Waals surface area (Å²) in [6.07, 6.45) is 0. The van der Waals surface area contributed by atoms with Crippen LogP contribution >= 0.6 is 11.3 Å². The third-order valence-electron chi connectivity index (χ3n) is 4.48. The number of amides is 1. The van der Waals surface area contributed by atoms with E-state index in [1.54, 1.807) is 29.3 Å². The summed E-state index contributed by atoms with van der Waals surface area (Å²) in [7, 11) is 0. The van der Waals surface area contributed by atoms with Gasteiger partial charge in [0.05, 0.1) is 16.3 Å². The highest BCUT2D eigenvalue weighted by Gasteiger charge is 2.20. The fourth-order valence-electron chi connectivity index (χ4n) is 2.80. The molecule has 0 aliphatic heterocycles. The molecule has 0 saturated carbocycles. The summed E-state index contributed by atoms with van der Waals surface area (Å²) in [5.74, 6) is 0.0389. The minimum Gasteiger partial charge on any atom is -0.480 e. The van der Waals surface area contributed by atoms with E-state index in [1.807, 2.05) is 32.0 Å². The molecule has 0 aliphatic rings. The highest BCUT2D eigenvalue weighted by molar-refractivity contribution is 7.14. The number of thiazole rings is 1. The monoisotopic (exact) mass is 411 g/mol. The van der Waals surface area contributed by atoms with Crippen LogP contribution in [0.2, 0.25) is 0 Å². The van der Waals surface area contributed by atoms with Crippen molar-refractivity contribution < 1.29 is 14.5 Å². The first-order chi connectivity index (χ1) is 13.8. The molecule has 0 aliphatic carbocycles. The van der Waals surface area contributed by atoms with Crippen molar-refractivity contribution in [2.75, 3.05) is 4.90 Å². The van der Waals surface area contributed by atoms with Crippen LogP contribution in [0.4, 0.5) is 16.5 Å². The highest BCUT2D eigenvalue weighted by Crippen LogP contribution is 2.32. The predicted octanol–water partition coefficient (Wildman–Crippen LogP) is 5.24. The van der Waals surface area contributed by atoms with Crippen LogP contribution in [0.15, 0.2) is 41.8 Å². The van der Waals surface area contributed by atoms with E-state index in [2.05, 4.69) is 4.98 Å². The quantitative estimate of drug-likeness (QED) is 0.409. The Balaban J connectivity index is 1.82. The lowest BCUT2D eigenvalue weighted by molar-refractivity contribution is -0.386. The molecule has 1 aromatic heterocycles. The zero-order valence-electron chi connectivity index (χ0n) is 16.6. The summed E-state index contributed by atoms with van der Waals surface area (Å²) in [4.78, 5) is 29.1. The number of ether oxygens (including phenoxy) is 1. The second-order valence-electron chi connectivity index (χ2n) is 6.76. The van der Waals surface area contributed by atoms with E-state index < -0.39 is 4.92 Å². The van der Waals surface area contributed by atoms with E-state index in [-0.39, 0.29) is 24.0 Å². The Bertz CT molecular complexity index is 1080. The van der Waals surface area contributed by atoms with Gasteiger partial charge >= 0.3 is 5.69 Å². The van der Waals surface area contributed by atoms with E-state index in [0.29, 0.717) is 10.8 Å². The van der Waals surface area contributed by atoms with Gasteiger partial charge in [-0.15, -0.1) is 11.3 Å². The van der Waals surface area contributed by atoms with Gasteiger partial charge in [-0.25, -0.2) is 4.98 Å². The maximum Gasteiger partial charge on any atom is 0.311 e. The van der Waals surface area contributed by atoms with E-state index in [4.69, 9.17) is 4.74 Å². The summed E-state index contributed by atoms with van der Waals surface area (Å²) in [5.41, 5.74) is 4.27. The first-order valence-corrected chi connectivity index (χ1v) is 9.84. The third-order valence-corrected chi connectivity index (χ3v) is 5.36. The van der Waals surface area contributed by atoms with E-state index in [0.717, 1.165) is 22.4 Å². The van der Waals surface area contributed by atoms with Gasteiger partial charge in [0.1, 0.15) is 6.61 Å². The second kappa shape index (κ2) is 8.40. The molecule has 1 amide bonds. The lowest BCUT2D eigenvalue weighted by atomic mass is 10.1. The maximum atomic E-state index is 12.3. The lowest BCUT2D eigenvalue weighted by Gasteiger charge is -2.19. The minimum atomic E-state index is -0.466. The molecule has 2 aromatic carbocycles. The van der Waals surface area contributed by atoms with Crippen LogP contribution in [-0.2, 0) is 11.4 Å². The van der Waals surface area contributed by atoms with Crippen molar-refractivity contribution in [2.45, 2.75) is 34.3 Å². The molecule has 0 bridgehead atoms. The van der Waals surface area contributed by atoms with Crippen LogP contribution < -0.4 is 9.64 Å². The largest absolute Gasteiger partial charge is 0.480 e. The van der Waals surface area contributed by atoms with Crippen molar-refractivity contribution in [3.63, 3.8) is 0 Å². The van der Waals surface area contributed by atoms with Crippen LogP contribution in [0.25, 0.3) is 0 Å². The van der Waals surface area contributed by atoms with Crippen molar-refractivity contribution in [1.29, 1.82) is 0 Å². The summed E-state index contributed by atoms with van der Waals surface area (Å²) in [6, 6.07) is 10.6. The van der Waals surface area contributed by atoms with E-state index >= 15 is 0 Å². The molecule has 8 heteroatoms. The number of anilines is 2. The molecule has 0 radical (unpaired) electrons. The number of nitrogens with zero attached hydrogens (tertiary/aromatic N) is 3. The maximum absolute atomic E-state index is 12.3. The SMILES string of the molecule is CC(=O)N(c1ccc(C)c(C)c1)c1nc(COc2ccc(C)cc2[N+](=O)[O-])cs1. The molecule has 0 unspecified atom stereocenters. The predicted molar refractivity (Wildman–Crippen MR) is 113 cm³/mol. The number of hydrogen-bond donors (Lipinski definition) is 0. The molecule has 29 heavy (non-hydrogen) atoms. The molecule has 0 spiro atoms. The lowest BCUT2D eigenvalue weighted by Crippen LogP contribution is -2.22. The van der Waals surface area contributed by atoms with Crippen LogP contribution in [-0.4, -0.2) is 15.8 Å². The normalized spacial score (nSPS) is 10.6. The molecule has 0 saturated heterocycles. The summed E-state index contributed by atoms with van der Waals surface area (Å²) < 4.78 is 5.63. The number of aromatic nitrogens is 1. The summed E-state index contributed by atoms with van der Waals surface area (Å²) in [6.45, 7) is 7.35. The number of benzene rings is 2. The summed E-state index contributed by atoms with van der Waals surface area (Å²) in [5, 5.41) is 13.5. The van der Waals surface area contributed by atoms with Gasteiger partial charge in [-0.1, -0.05) is 12.1 Å². The van der Waals surface area contributed by atoms with Gasteiger partial charge < -0.3 is 4.74 Å². The molecule has 0 atom stereocenters. The molecular formula is C21H21N3O4S. The Morgan fingerprint density at radius 3 is 2.59 bits per heavy atom. The number of hydrogen-bond acceptors (Lipinski definition) is 6. The standard InChI is InChI=1S/C21H21N3O4S/c1-13-5-8-20(19(9-13)24(26)27)28-11-17-12-29-21(22-17)23(16(4)25)18-7-6-14(2)15(3)10-18/h5-10,12H,11H2,1-4H3. The van der Waals surface area contributed by atoms with Gasteiger partial charge in [0.25, 0.3) is 0 Å². The van der Waals surface area contributed by atoms with Crippen molar-refractivity contribution >= 4 is 33.8 Å². The Hall–Kier alpha value is -3.26. The molecule has 150 valence electrons. The summed E-state index contributed by atoms with van der Waals surface area (Å²) >= 11 is 1.32. The van der Waals surface area contributed by atoms with Gasteiger partial charge in [0, 0.05) is 18.4 Å². The number of carbonyl (C=O) groups is 1. The van der Waals surface area contributed by atoms with Crippen LogP contribution in [0, 0.1) is 30.9 Å². The molecule has 0 fully saturated rings. The number of nitro groups is 1. The van der Waals surface area contributed by atoms with Crippen molar-refractivity contribution in [1.82, 2.24) is 4.98 Å². The molecule has 7 nitrogen and oxygen atoms in total. The van der Waals surface area contributed by atoms with Crippen molar-refractivity contribution in [3.05, 3.63) is 74.3 Å². The molecule has 1 heterocycles. The van der Waals surface area contributed by atoms with Gasteiger partial charge in [0.2, 0.25) is 5.91 Å². The van der Waals surface area contributed by atoms with Gasteiger partial charge in [-0.3, -0.25) is 19.8 Å². The molecule has 0 N–H and O–H groups in total. The van der Waals surface area contributed by atoms with E-state index in [9.17, 15) is 14.9 Å². The zero-order chi connectivity index (χ0) is 21.1. The smallest absolute Gasteiger partial charge is 0.311 e. The van der Waals surface area contributed by atoms with Gasteiger partial charge in [-0.05, 0) is 55.7 Å². The van der Waals surface area contributed by atoms with Crippen LogP contribution in [0.5, 0.6) is 5.75 Å². The minimum absolute atomic E-state index is 0.0685. The zero-order valence-corrected chi connectivity index (χ0v) is 17.4. The number of rotatable bonds is 6. The van der Waals surface area contributed by atoms with Crippen LogP contribution in [0.3, 0.4) is 0 Å². The Labute approximate surface area is 172 Å².